The standard InChI is InChI=1S/C13H15F3N4O2/c1-7-6-10(13(14,15)16)18-20(7)5-4-17-12(21)11-8(2)19-22-9(11)3/h6H,4-5H2,1-3H3,(H,17,21). The van der Waals surface area contributed by atoms with Gasteiger partial charge in [0, 0.05) is 12.2 Å². The van der Waals surface area contributed by atoms with Gasteiger partial charge in [-0.05, 0) is 26.8 Å². The molecule has 0 aliphatic rings. The highest BCUT2D eigenvalue weighted by molar-refractivity contribution is 5.96. The van der Waals surface area contributed by atoms with Gasteiger partial charge in [0.25, 0.3) is 5.91 Å². The molecule has 2 aromatic rings. The summed E-state index contributed by atoms with van der Waals surface area (Å²) < 4.78 is 43.7. The Kier molecular flexibility index (Phi) is 4.25. The highest BCUT2D eigenvalue weighted by Gasteiger charge is 2.34. The van der Waals surface area contributed by atoms with Crippen LogP contribution in [-0.2, 0) is 12.7 Å². The first kappa shape index (κ1) is 16.1. The zero-order valence-electron chi connectivity index (χ0n) is 12.3. The van der Waals surface area contributed by atoms with Crippen LogP contribution in [0, 0.1) is 20.8 Å². The average molecular weight is 316 g/mol. The zero-order chi connectivity index (χ0) is 16.5. The quantitative estimate of drug-likeness (QED) is 0.939. The van der Waals surface area contributed by atoms with Gasteiger partial charge in [0.1, 0.15) is 11.3 Å². The zero-order valence-corrected chi connectivity index (χ0v) is 12.3. The van der Waals surface area contributed by atoms with Gasteiger partial charge < -0.3 is 9.84 Å². The van der Waals surface area contributed by atoms with Gasteiger partial charge in [-0.15, -0.1) is 0 Å². The van der Waals surface area contributed by atoms with E-state index in [1.807, 2.05) is 0 Å². The summed E-state index contributed by atoms with van der Waals surface area (Å²) in [6.07, 6.45) is -4.48. The Hall–Kier alpha value is -2.32. The molecule has 0 saturated carbocycles. The minimum atomic E-state index is -4.48. The number of hydrogen-bond acceptors (Lipinski definition) is 4. The van der Waals surface area contributed by atoms with Crippen molar-refractivity contribution < 1.29 is 22.5 Å². The molecule has 6 nitrogen and oxygen atoms in total. The van der Waals surface area contributed by atoms with E-state index >= 15 is 0 Å². The number of hydrogen-bond donors (Lipinski definition) is 1. The molecule has 0 spiro atoms. The first-order valence-corrected chi connectivity index (χ1v) is 6.53. The van der Waals surface area contributed by atoms with Gasteiger partial charge in [0.15, 0.2) is 5.69 Å². The largest absolute Gasteiger partial charge is 0.435 e. The molecule has 0 bridgehead atoms. The van der Waals surface area contributed by atoms with Gasteiger partial charge in [-0.25, -0.2) is 0 Å². The topological polar surface area (TPSA) is 73.0 Å². The SMILES string of the molecule is Cc1noc(C)c1C(=O)NCCn1nc(C(F)(F)F)cc1C. The Labute approximate surface area is 124 Å². The molecule has 0 saturated heterocycles. The molecule has 9 heteroatoms. The fourth-order valence-electron chi connectivity index (χ4n) is 2.05. The van der Waals surface area contributed by atoms with E-state index in [0.717, 1.165) is 6.07 Å². The number of alkyl halides is 3. The maximum Gasteiger partial charge on any atom is 0.435 e. The smallest absolute Gasteiger partial charge is 0.361 e. The first-order chi connectivity index (χ1) is 10.2. The summed E-state index contributed by atoms with van der Waals surface area (Å²) in [5, 5.41) is 9.76. The minimum absolute atomic E-state index is 0.136. The Morgan fingerprint density at radius 3 is 2.55 bits per heavy atom. The van der Waals surface area contributed by atoms with Crippen molar-refractivity contribution in [3.8, 4) is 0 Å². The van der Waals surface area contributed by atoms with Crippen molar-refractivity contribution in [2.75, 3.05) is 6.54 Å². The number of halogens is 3. The summed E-state index contributed by atoms with van der Waals surface area (Å²) in [6, 6.07) is 0.968. The summed E-state index contributed by atoms with van der Waals surface area (Å²) in [7, 11) is 0. The lowest BCUT2D eigenvalue weighted by Crippen LogP contribution is -2.28. The van der Waals surface area contributed by atoms with Gasteiger partial charge >= 0.3 is 6.18 Å². The second-order valence-corrected chi connectivity index (χ2v) is 4.85. The van der Waals surface area contributed by atoms with Crippen LogP contribution in [-0.4, -0.2) is 27.4 Å². The highest BCUT2D eigenvalue weighted by Crippen LogP contribution is 2.28. The van der Waals surface area contributed by atoms with Crippen molar-refractivity contribution in [1.29, 1.82) is 0 Å². The monoisotopic (exact) mass is 316 g/mol. The maximum absolute atomic E-state index is 12.5. The molecule has 0 aromatic carbocycles. The molecule has 0 fully saturated rings. The molecule has 0 aliphatic heterocycles. The molecule has 2 aromatic heterocycles. The van der Waals surface area contributed by atoms with E-state index in [0.29, 0.717) is 22.7 Å². The van der Waals surface area contributed by atoms with E-state index in [4.69, 9.17) is 4.52 Å². The summed E-state index contributed by atoms with van der Waals surface area (Å²) in [5.74, 6) is 0.0155. The lowest BCUT2D eigenvalue weighted by molar-refractivity contribution is -0.141. The van der Waals surface area contributed by atoms with Crippen LogP contribution in [0.2, 0.25) is 0 Å². The summed E-state index contributed by atoms with van der Waals surface area (Å²) >= 11 is 0. The van der Waals surface area contributed by atoms with Crippen molar-refractivity contribution in [3.63, 3.8) is 0 Å². The van der Waals surface area contributed by atoms with E-state index in [9.17, 15) is 18.0 Å². The Bertz CT molecular complexity index is 669. The summed E-state index contributed by atoms with van der Waals surface area (Å²) in [4.78, 5) is 12.0. The van der Waals surface area contributed by atoms with Gasteiger partial charge in [-0.1, -0.05) is 5.16 Å². The fourth-order valence-corrected chi connectivity index (χ4v) is 2.05. The Morgan fingerprint density at radius 2 is 2.05 bits per heavy atom. The average Bonchev–Trinajstić information content (AvgIpc) is 2.93. The predicted octanol–water partition coefficient (Wildman–Crippen LogP) is 2.25. The second kappa shape index (κ2) is 5.82. The van der Waals surface area contributed by atoms with Crippen molar-refractivity contribution in [1.82, 2.24) is 20.3 Å². The van der Waals surface area contributed by atoms with Crippen LogP contribution >= 0.6 is 0 Å². The molecule has 120 valence electrons. The van der Waals surface area contributed by atoms with Crippen LogP contribution in [0.25, 0.3) is 0 Å². The Morgan fingerprint density at radius 1 is 1.36 bits per heavy atom. The van der Waals surface area contributed by atoms with E-state index in [-0.39, 0.29) is 19.0 Å². The van der Waals surface area contributed by atoms with Crippen LogP contribution in [0.3, 0.4) is 0 Å². The van der Waals surface area contributed by atoms with E-state index in [1.54, 1.807) is 13.8 Å². The molecule has 0 unspecified atom stereocenters. The van der Waals surface area contributed by atoms with E-state index < -0.39 is 11.9 Å². The van der Waals surface area contributed by atoms with E-state index in [1.165, 1.54) is 11.6 Å². The van der Waals surface area contributed by atoms with Gasteiger partial charge in [-0.3, -0.25) is 9.48 Å². The number of carbonyl (C=O) groups is 1. The Balaban J connectivity index is 1.97. The van der Waals surface area contributed by atoms with Crippen LogP contribution in [0.15, 0.2) is 10.6 Å². The molecular formula is C13H15F3N4O2. The van der Waals surface area contributed by atoms with E-state index in [2.05, 4.69) is 15.6 Å². The lowest BCUT2D eigenvalue weighted by atomic mass is 10.2. The minimum Gasteiger partial charge on any atom is -0.361 e. The van der Waals surface area contributed by atoms with Gasteiger partial charge in [0.05, 0.1) is 12.2 Å². The molecule has 2 rings (SSSR count). The normalized spacial score (nSPS) is 11.7. The van der Waals surface area contributed by atoms with Crippen molar-refractivity contribution >= 4 is 5.91 Å². The third-order valence-corrected chi connectivity index (χ3v) is 3.14. The van der Waals surface area contributed by atoms with Gasteiger partial charge in [0.2, 0.25) is 0 Å². The molecule has 0 atom stereocenters. The first-order valence-electron chi connectivity index (χ1n) is 6.53. The lowest BCUT2D eigenvalue weighted by Gasteiger charge is -2.07. The third kappa shape index (κ3) is 3.29. The fraction of sp³-hybridized carbons (Fsp3) is 0.462. The van der Waals surface area contributed by atoms with Crippen molar-refractivity contribution in [3.05, 3.63) is 34.5 Å². The molecule has 1 N–H and O–H groups in total. The van der Waals surface area contributed by atoms with Crippen LogP contribution in [0.1, 0.15) is 33.2 Å². The van der Waals surface area contributed by atoms with Crippen molar-refractivity contribution in [2.24, 2.45) is 0 Å². The predicted molar refractivity (Wildman–Crippen MR) is 70.3 cm³/mol. The second-order valence-electron chi connectivity index (χ2n) is 4.85. The molecule has 22 heavy (non-hydrogen) atoms. The summed E-state index contributed by atoms with van der Waals surface area (Å²) in [6.45, 7) is 5.05. The number of aryl methyl sites for hydroxylation is 3. The third-order valence-electron chi connectivity index (χ3n) is 3.14. The molecule has 1 amide bonds. The molecular weight excluding hydrogens is 301 g/mol. The molecule has 0 radical (unpaired) electrons. The van der Waals surface area contributed by atoms with Crippen LogP contribution in [0.4, 0.5) is 13.2 Å². The molecule has 2 heterocycles. The number of carbonyl (C=O) groups excluding carboxylic acids is 1. The van der Waals surface area contributed by atoms with Crippen LogP contribution < -0.4 is 5.32 Å². The van der Waals surface area contributed by atoms with Gasteiger partial charge in [-0.2, -0.15) is 18.3 Å². The number of nitrogens with one attached hydrogen (secondary N) is 1. The van der Waals surface area contributed by atoms with Crippen LogP contribution in [0.5, 0.6) is 0 Å². The summed E-state index contributed by atoms with van der Waals surface area (Å²) in [5.41, 5.74) is 0.235. The number of rotatable bonds is 4. The number of aromatic nitrogens is 3. The number of nitrogens with zero attached hydrogens (tertiary/aromatic N) is 3. The number of amides is 1. The van der Waals surface area contributed by atoms with Crippen molar-refractivity contribution in [2.45, 2.75) is 33.5 Å². The highest BCUT2D eigenvalue weighted by atomic mass is 19.4. The molecule has 0 aliphatic carbocycles. The maximum atomic E-state index is 12.5.